The number of benzene rings is 1. The van der Waals surface area contributed by atoms with Gasteiger partial charge in [-0.2, -0.15) is 0 Å². The number of nitrogens with one attached hydrogen (secondary N) is 1. The van der Waals surface area contributed by atoms with Crippen LogP contribution in [0.25, 0.3) is 0 Å². The average Bonchev–Trinajstić information content (AvgIpc) is 3.09. The van der Waals surface area contributed by atoms with Crippen LogP contribution in [-0.2, 0) is 4.79 Å². The van der Waals surface area contributed by atoms with Crippen LogP contribution in [0, 0.1) is 0 Å². The number of likely N-dealkylation sites (tertiary alicyclic amines) is 1. The number of fused-ring (bicyclic) bond motifs is 2. The minimum atomic E-state index is -0.444. The molecule has 1 N–H and O–H groups in total. The Bertz CT molecular complexity index is 622. The van der Waals surface area contributed by atoms with Crippen LogP contribution in [0.3, 0.4) is 0 Å². The van der Waals surface area contributed by atoms with Gasteiger partial charge in [-0.3, -0.25) is 14.5 Å². The number of anilines is 1. The zero-order valence-electron chi connectivity index (χ0n) is 11.7. The Morgan fingerprint density at radius 2 is 1.71 bits per heavy atom. The average molecular weight is 289 g/mol. The van der Waals surface area contributed by atoms with Crippen molar-refractivity contribution in [3.05, 3.63) is 17.7 Å². The van der Waals surface area contributed by atoms with Crippen LogP contribution in [0.15, 0.2) is 12.1 Å². The molecule has 3 heterocycles. The number of quaternary nitrogens is 1. The predicted molar refractivity (Wildman–Crippen MR) is 74.0 cm³/mol. The van der Waals surface area contributed by atoms with E-state index in [2.05, 4.69) is 0 Å². The molecule has 1 fully saturated rings. The van der Waals surface area contributed by atoms with Crippen LogP contribution in [0.4, 0.5) is 5.69 Å². The summed E-state index contributed by atoms with van der Waals surface area (Å²) in [7, 11) is 0. The first-order chi connectivity index (χ1) is 10.2. The second-order valence-electron chi connectivity index (χ2n) is 5.69. The fraction of sp³-hybridized carbons (Fsp3) is 0.467. The molecule has 0 radical (unpaired) electrons. The summed E-state index contributed by atoms with van der Waals surface area (Å²) in [5.74, 6) is 0.285. The Kier molecular flexibility index (Phi) is 2.85. The second kappa shape index (κ2) is 4.73. The smallest absolute Gasteiger partial charge is 0.303 e. The molecule has 0 bridgehead atoms. The van der Waals surface area contributed by atoms with E-state index in [9.17, 15) is 9.59 Å². The summed E-state index contributed by atoms with van der Waals surface area (Å²) in [4.78, 5) is 27.4. The standard InChI is InChI=1S/C15H16N2O4/c18-14-10-7-12-13(21-6-5-20-12)8-11(10)17(15(14)19)9-16-3-1-2-4-16/h7-8H,1-6,9H2/p+1. The van der Waals surface area contributed by atoms with Crippen LogP contribution < -0.4 is 19.3 Å². The van der Waals surface area contributed by atoms with Gasteiger partial charge >= 0.3 is 5.91 Å². The van der Waals surface area contributed by atoms with Gasteiger partial charge in [-0.15, -0.1) is 0 Å². The number of rotatable bonds is 2. The molecule has 1 saturated heterocycles. The summed E-state index contributed by atoms with van der Waals surface area (Å²) >= 11 is 0. The van der Waals surface area contributed by atoms with Crippen molar-refractivity contribution in [2.24, 2.45) is 0 Å². The third-order valence-corrected chi connectivity index (χ3v) is 4.33. The van der Waals surface area contributed by atoms with Gasteiger partial charge in [0.1, 0.15) is 13.2 Å². The Balaban J connectivity index is 1.71. The van der Waals surface area contributed by atoms with Crippen molar-refractivity contribution in [1.29, 1.82) is 0 Å². The van der Waals surface area contributed by atoms with E-state index in [1.54, 1.807) is 17.0 Å². The number of amides is 1. The van der Waals surface area contributed by atoms with Gasteiger partial charge < -0.3 is 14.4 Å². The minimum Gasteiger partial charge on any atom is -0.486 e. The number of ether oxygens (including phenoxy) is 2. The lowest BCUT2D eigenvalue weighted by Gasteiger charge is -2.23. The second-order valence-corrected chi connectivity index (χ2v) is 5.69. The van der Waals surface area contributed by atoms with E-state index in [1.165, 1.54) is 17.7 Å². The quantitative estimate of drug-likeness (QED) is 0.754. The number of hydrogen-bond acceptors (Lipinski definition) is 4. The highest BCUT2D eigenvalue weighted by Gasteiger charge is 2.39. The highest BCUT2D eigenvalue weighted by atomic mass is 16.6. The van der Waals surface area contributed by atoms with Gasteiger partial charge in [0.25, 0.3) is 5.78 Å². The molecule has 6 heteroatoms. The predicted octanol–water partition coefficient (Wildman–Crippen LogP) is -0.377. The maximum Gasteiger partial charge on any atom is 0.303 e. The maximum atomic E-state index is 12.2. The molecule has 110 valence electrons. The molecule has 0 saturated carbocycles. The van der Waals surface area contributed by atoms with Crippen LogP contribution in [0.2, 0.25) is 0 Å². The number of carbonyl (C=O) groups excluding carboxylic acids is 2. The van der Waals surface area contributed by atoms with Crippen LogP contribution in [-0.4, -0.2) is 44.7 Å². The fourth-order valence-electron chi connectivity index (χ4n) is 3.24. The van der Waals surface area contributed by atoms with Crippen LogP contribution in [0.1, 0.15) is 23.2 Å². The summed E-state index contributed by atoms with van der Waals surface area (Å²) in [6, 6.07) is 3.41. The van der Waals surface area contributed by atoms with Crippen molar-refractivity contribution in [3.8, 4) is 11.5 Å². The lowest BCUT2D eigenvalue weighted by atomic mass is 10.1. The third-order valence-electron chi connectivity index (χ3n) is 4.33. The Labute approximate surface area is 122 Å². The fourth-order valence-corrected chi connectivity index (χ4v) is 3.24. The number of hydrogen-bond donors (Lipinski definition) is 1. The Hall–Kier alpha value is -2.08. The van der Waals surface area contributed by atoms with E-state index in [0.717, 1.165) is 13.1 Å². The first-order valence-electron chi connectivity index (χ1n) is 7.37. The largest absolute Gasteiger partial charge is 0.486 e. The molecular formula is C15H17N2O4+. The molecule has 6 nitrogen and oxygen atoms in total. The van der Waals surface area contributed by atoms with Crippen molar-refractivity contribution in [3.63, 3.8) is 0 Å². The molecule has 0 aliphatic carbocycles. The number of carbonyl (C=O) groups is 2. The van der Waals surface area contributed by atoms with E-state index >= 15 is 0 Å². The van der Waals surface area contributed by atoms with Crippen molar-refractivity contribution >= 4 is 17.4 Å². The molecule has 21 heavy (non-hydrogen) atoms. The maximum absolute atomic E-state index is 12.2. The van der Waals surface area contributed by atoms with Crippen LogP contribution >= 0.6 is 0 Å². The molecule has 1 aromatic rings. The van der Waals surface area contributed by atoms with Gasteiger partial charge in [-0.1, -0.05) is 0 Å². The zero-order valence-corrected chi connectivity index (χ0v) is 11.7. The summed E-state index contributed by atoms with van der Waals surface area (Å²) in [6.45, 7) is 3.62. The SMILES string of the molecule is O=C1C(=O)N(C[NH+]2CCCC2)c2cc3c(cc21)OCCO3. The zero-order chi connectivity index (χ0) is 14.4. The molecule has 4 rings (SSSR count). The topological polar surface area (TPSA) is 60.3 Å². The first kappa shape index (κ1) is 12.6. The van der Waals surface area contributed by atoms with Gasteiger partial charge in [0, 0.05) is 18.9 Å². The Morgan fingerprint density at radius 1 is 1.05 bits per heavy atom. The van der Waals surface area contributed by atoms with Gasteiger partial charge in [-0.25, -0.2) is 0 Å². The molecule has 0 spiro atoms. The molecule has 3 aliphatic heterocycles. The van der Waals surface area contributed by atoms with E-state index < -0.39 is 11.7 Å². The summed E-state index contributed by atoms with van der Waals surface area (Å²) in [5, 5.41) is 0. The van der Waals surface area contributed by atoms with Gasteiger partial charge in [0.15, 0.2) is 18.2 Å². The van der Waals surface area contributed by atoms with E-state index in [0.29, 0.717) is 42.6 Å². The molecule has 0 atom stereocenters. The van der Waals surface area contributed by atoms with Crippen molar-refractivity contribution in [1.82, 2.24) is 0 Å². The molecule has 3 aliphatic rings. The lowest BCUT2D eigenvalue weighted by molar-refractivity contribution is -0.886. The van der Waals surface area contributed by atoms with Crippen molar-refractivity contribution in [2.75, 3.05) is 37.9 Å². The summed E-state index contributed by atoms with van der Waals surface area (Å²) in [5.41, 5.74) is 1.09. The highest BCUT2D eigenvalue weighted by molar-refractivity contribution is 6.52. The van der Waals surface area contributed by atoms with Gasteiger partial charge in [-0.05, 0) is 6.07 Å². The Morgan fingerprint density at radius 3 is 2.43 bits per heavy atom. The van der Waals surface area contributed by atoms with E-state index in [4.69, 9.17) is 9.47 Å². The minimum absolute atomic E-state index is 0.433. The summed E-state index contributed by atoms with van der Waals surface area (Å²) in [6.07, 6.45) is 2.36. The summed E-state index contributed by atoms with van der Waals surface area (Å²) < 4.78 is 11.0. The van der Waals surface area contributed by atoms with Crippen LogP contribution in [0.5, 0.6) is 11.5 Å². The third kappa shape index (κ3) is 1.98. The van der Waals surface area contributed by atoms with Gasteiger partial charge in [0.2, 0.25) is 0 Å². The van der Waals surface area contributed by atoms with Crippen molar-refractivity contribution in [2.45, 2.75) is 12.8 Å². The molecule has 0 unspecified atom stereocenters. The van der Waals surface area contributed by atoms with E-state index in [-0.39, 0.29) is 0 Å². The monoisotopic (exact) mass is 289 g/mol. The first-order valence-corrected chi connectivity index (χ1v) is 7.37. The van der Waals surface area contributed by atoms with Gasteiger partial charge in [0.05, 0.1) is 24.3 Å². The number of Topliss-reactive ketones (excluding diaryl/α,β-unsaturated/α-hetero) is 1. The number of ketones is 1. The molecule has 0 aromatic heterocycles. The molecular weight excluding hydrogens is 272 g/mol. The number of nitrogens with zero attached hydrogens (tertiary/aromatic N) is 1. The van der Waals surface area contributed by atoms with Crippen molar-refractivity contribution < 1.29 is 24.0 Å². The normalized spacial score (nSPS) is 21.0. The molecule has 1 aromatic carbocycles. The molecule has 1 amide bonds. The van der Waals surface area contributed by atoms with E-state index in [1.807, 2.05) is 0 Å². The highest BCUT2D eigenvalue weighted by Crippen LogP contribution is 2.40. The lowest BCUT2D eigenvalue weighted by Crippen LogP contribution is -3.11.